The van der Waals surface area contributed by atoms with Gasteiger partial charge < -0.3 is 11.1 Å². The minimum absolute atomic E-state index is 0.587. The fourth-order valence-corrected chi connectivity index (χ4v) is 2.11. The van der Waals surface area contributed by atoms with Crippen LogP contribution in [0.15, 0.2) is 40.9 Å². The minimum atomic E-state index is 0.587. The number of nitrogens with two attached hydrogens (primary N) is 1. The summed E-state index contributed by atoms with van der Waals surface area (Å²) < 4.78 is 0.802. The van der Waals surface area contributed by atoms with Gasteiger partial charge in [0, 0.05) is 5.02 Å². The summed E-state index contributed by atoms with van der Waals surface area (Å²) in [5.41, 5.74) is 8.09. The van der Waals surface area contributed by atoms with Crippen LogP contribution in [0.3, 0.4) is 0 Å². The first kappa shape index (κ1) is 12.6. The first-order valence-corrected chi connectivity index (χ1v) is 6.39. The van der Waals surface area contributed by atoms with Gasteiger partial charge in [-0.25, -0.2) is 0 Å². The van der Waals surface area contributed by atoms with Crippen molar-refractivity contribution < 1.29 is 0 Å². The number of nitrogens with one attached hydrogen (secondary N) is 1. The van der Waals surface area contributed by atoms with E-state index in [1.54, 1.807) is 12.1 Å². The van der Waals surface area contributed by atoms with Crippen molar-refractivity contribution in [1.29, 1.82) is 0 Å². The lowest BCUT2D eigenvalue weighted by molar-refractivity contribution is 1.52. The quantitative estimate of drug-likeness (QED) is 0.753. The van der Waals surface area contributed by atoms with E-state index in [1.807, 2.05) is 24.3 Å². The second kappa shape index (κ2) is 5.17. The topological polar surface area (TPSA) is 38.0 Å². The lowest BCUT2D eigenvalue weighted by Gasteiger charge is -2.11. The maximum absolute atomic E-state index is 6.01. The summed E-state index contributed by atoms with van der Waals surface area (Å²) in [4.78, 5) is 0. The molecule has 5 heteroatoms. The van der Waals surface area contributed by atoms with Crippen molar-refractivity contribution >= 4 is 56.2 Å². The monoisotopic (exact) mass is 330 g/mol. The Labute approximate surface area is 118 Å². The van der Waals surface area contributed by atoms with Crippen molar-refractivity contribution in [3.63, 3.8) is 0 Å². The van der Waals surface area contributed by atoms with Crippen LogP contribution in [0.2, 0.25) is 10.0 Å². The van der Waals surface area contributed by atoms with E-state index >= 15 is 0 Å². The molecule has 0 aliphatic carbocycles. The Bertz CT molecular complexity index is 558. The first-order valence-electron chi connectivity index (χ1n) is 4.84. The molecule has 3 N–H and O–H groups in total. The van der Waals surface area contributed by atoms with Gasteiger partial charge in [0.1, 0.15) is 0 Å². The third-order valence-electron chi connectivity index (χ3n) is 2.23. The Balaban J connectivity index is 2.35. The zero-order chi connectivity index (χ0) is 12.4. The van der Waals surface area contributed by atoms with E-state index in [4.69, 9.17) is 28.9 Å². The molecule has 88 valence electrons. The Morgan fingerprint density at radius 2 is 1.82 bits per heavy atom. The van der Waals surface area contributed by atoms with E-state index in [2.05, 4.69) is 21.2 Å². The van der Waals surface area contributed by atoms with Crippen LogP contribution in [-0.4, -0.2) is 0 Å². The second-order valence-corrected chi connectivity index (χ2v) is 5.09. The van der Waals surface area contributed by atoms with Gasteiger partial charge in [0.05, 0.1) is 26.6 Å². The van der Waals surface area contributed by atoms with E-state index in [1.165, 1.54) is 0 Å². The molecule has 0 saturated heterocycles. The van der Waals surface area contributed by atoms with Crippen LogP contribution in [0.25, 0.3) is 0 Å². The Hall–Kier alpha value is -0.900. The highest BCUT2D eigenvalue weighted by Crippen LogP contribution is 2.34. The van der Waals surface area contributed by atoms with Crippen LogP contribution in [-0.2, 0) is 0 Å². The third kappa shape index (κ3) is 2.86. The fraction of sp³-hybridized carbons (Fsp3) is 0. The third-order valence-corrected chi connectivity index (χ3v) is 3.87. The molecule has 0 aromatic heterocycles. The number of rotatable bonds is 2. The average Bonchev–Trinajstić information content (AvgIpc) is 2.28. The van der Waals surface area contributed by atoms with Gasteiger partial charge in [0.15, 0.2) is 0 Å². The van der Waals surface area contributed by atoms with Gasteiger partial charge in [-0.3, -0.25) is 0 Å². The largest absolute Gasteiger partial charge is 0.397 e. The van der Waals surface area contributed by atoms with E-state index in [0.717, 1.165) is 15.8 Å². The number of benzene rings is 2. The smallest absolute Gasteiger partial charge is 0.0619 e. The van der Waals surface area contributed by atoms with Crippen molar-refractivity contribution in [3.05, 3.63) is 50.9 Å². The van der Waals surface area contributed by atoms with Gasteiger partial charge >= 0.3 is 0 Å². The Morgan fingerprint density at radius 3 is 2.53 bits per heavy atom. The average molecular weight is 332 g/mol. The number of hydrogen-bond acceptors (Lipinski definition) is 2. The van der Waals surface area contributed by atoms with Gasteiger partial charge in [-0.1, -0.05) is 29.3 Å². The predicted octanol–water partition coefficient (Wildman–Crippen LogP) is 5.08. The van der Waals surface area contributed by atoms with E-state index in [9.17, 15) is 0 Å². The summed E-state index contributed by atoms with van der Waals surface area (Å²) in [6, 6.07) is 10.9. The van der Waals surface area contributed by atoms with Crippen LogP contribution in [0.1, 0.15) is 0 Å². The maximum atomic E-state index is 6.01. The normalized spacial score (nSPS) is 10.3. The summed E-state index contributed by atoms with van der Waals surface area (Å²) in [6.45, 7) is 0. The molecule has 0 aliphatic rings. The van der Waals surface area contributed by atoms with Gasteiger partial charge in [0.2, 0.25) is 0 Å². The number of hydrogen-bond donors (Lipinski definition) is 2. The van der Waals surface area contributed by atoms with E-state index in [-0.39, 0.29) is 0 Å². The van der Waals surface area contributed by atoms with Crippen LogP contribution in [0.5, 0.6) is 0 Å². The van der Waals surface area contributed by atoms with Crippen LogP contribution in [0, 0.1) is 0 Å². The molecule has 0 aliphatic heterocycles. The molecule has 2 rings (SSSR count). The first-order chi connectivity index (χ1) is 8.08. The fourth-order valence-electron chi connectivity index (χ4n) is 1.39. The summed E-state index contributed by atoms with van der Waals surface area (Å²) in [7, 11) is 0. The molecular formula is C12H9BrCl2N2. The van der Waals surface area contributed by atoms with Crippen molar-refractivity contribution in [1.82, 2.24) is 0 Å². The molecular weight excluding hydrogens is 323 g/mol. The molecule has 0 unspecified atom stereocenters. The molecule has 0 amide bonds. The van der Waals surface area contributed by atoms with Gasteiger partial charge in [-0.15, -0.1) is 0 Å². The minimum Gasteiger partial charge on any atom is -0.397 e. The Morgan fingerprint density at radius 1 is 1.06 bits per heavy atom. The molecule has 0 radical (unpaired) electrons. The van der Waals surface area contributed by atoms with Gasteiger partial charge in [0.25, 0.3) is 0 Å². The number of anilines is 3. The predicted molar refractivity (Wildman–Crippen MR) is 78.3 cm³/mol. The van der Waals surface area contributed by atoms with Crippen LogP contribution < -0.4 is 11.1 Å². The lowest BCUT2D eigenvalue weighted by atomic mass is 10.2. The van der Waals surface area contributed by atoms with Crippen molar-refractivity contribution in [2.45, 2.75) is 0 Å². The van der Waals surface area contributed by atoms with Crippen molar-refractivity contribution in [2.24, 2.45) is 0 Å². The van der Waals surface area contributed by atoms with Crippen LogP contribution in [0.4, 0.5) is 17.1 Å². The molecule has 0 saturated carbocycles. The molecule has 17 heavy (non-hydrogen) atoms. The molecule has 0 atom stereocenters. The zero-order valence-corrected chi connectivity index (χ0v) is 11.8. The van der Waals surface area contributed by atoms with Crippen LogP contribution >= 0.6 is 39.1 Å². The SMILES string of the molecule is Nc1cc(Cl)ccc1Nc1cccc(Cl)c1Br. The van der Waals surface area contributed by atoms with Gasteiger partial charge in [-0.2, -0.15) is 0 Å². The molecule has 0 spiro atoms. The highest BCUT2D eigenvalue weighted by molar-refractivity contribution is 9.10. The molecule has 0 fully saturated rings. The zero-order valence-electron chi connectivity index (χ0n) is 8.68. The second-order valence-electron chi connectivity index (χ2n) is 3.46. The highest BCUT2D eigenvalue weighted by Gasteiger charge is 2.06. The summed E-state index contributed by atoms with van der Waals surface area (Å²) in [6.07, 6.45) is 0. The standard InChI is InChI=1S/C12H9BrCl2N2/c13-12-8(15)2-1-3-11(12)17-10-5-4-7(14)6-9(10)16/h1-6,17H,16H2. The lowest BCUT2D eigenvalue weighted by Crippen LogP contribution is -1.96. The summed E-state index contributed by atoms with van der Waals surface area (Å²) in [5, 5.41) is 4.44. The van der Waals surface area contributed by atoms with Gasteiger partial charge in [-0.05, 0) is 46.3 Å². The summed E-state index contributed by atoms with van der Waals surface area (Å²) in [5.74, 6) is 0. The van der Waals surface area contributed by atoms with E-state index < -0.39 is 0 Å². The number of halogens is 3. The molecule has 2 aromatic carbocycles. The molecule has 2 nitrogen and oxygen atoms in total. The van der Waals surface area contributed by atoms with Crippen molar-refractivity contribution in [3.8, 4) is 0 Å². The highest BCUT2D eigenvalue weighted by atomic mass is 79.9. The Kier molecular flexibility index (Phi) is 3.82. The van der Waals surface area contributed by atoms with Crippen molar-refractivity contribution in [2.75, 3.05) is 11.1 Å². The maximum Gasteiger partial charge on any atom is 0.0619 e. The van der Waals surface area contributed by atoms with E-state index in [0.29, 0.717) is 15.7 Å². The number of nitrogen functional groups attached to an aromatic ring is 1. The molecule has 0 heterocycles. The summed E-state index contributed by atoms with van der Waals surface area (Å²) >= 11 is 15.3. The molecule has 2 aromatic rings. The molecule has 0 bridgehead atoms.